The van der Waals surface area contributed by atoms with Gasteiger partial charge in [-0.15, -0.1) is 12.4 Å². The van der Waals surface area contributed by atoms with Gasteiger partial charge in [0.05, 0.1) is 13.0 Å². The molecule has 1 saturated heterocycles. The van der Waals surface area contributed by atoms with Gasteiger partial charge in [-0.1, -0.05) is 13.8 Å². The summed E-state index contributed by atoms with van der Waals surface area (Å²) in [5.41, 5.74) is 0. The van der Waals surface area contributed by atoms with Gasteiger partial charge in [0.25, 0.3) is 0 Å². The van der Waals surface area contributed by atoms with Gasteiger partial charge in [0.15, 0.2) is 0 Å². The van der Waals surface area contributed by atoms with E-state index in [1.165, 1.54) is 7.11 Å². The predicted octanol–water partition coefficient (Wildman–Crippen LogP) is 1.22. The first-order valence-corrected chi connectivity index (χ1v) is 4.48. The van der Waals surface area contributed by atoms with Gasteiger partial charge >= 0.3 is 5.97 Å². The fourth-order valence-electron chi connectivity index (χ4n) is 1.84. The number of ether oxygens (including phenoxy) is 1. The molecule has 0 bridgehead atoms. The molecule has 0 aromatic heterocycles. The van der Waals surface area contributed by atoms with Crippen LogP contribution in [0.5, 0.6) is 0 Å². The molecule has 78 valence electrons. The second kappa shape index (κ2) is 5.45. The Bertz CT molecular complexity index is 173. The number of methoxy groups -OCH3 is 1. The van der Waals surface area contributed by atoms with Crippen molar-refractivity contribution in [1.29, 1.82) is 0 Å². The molecule has 3 nitrogen and oxygen atoms in total. The van der Waals surface area contributed by atoms with Gasteiger partial charge in [0.1, 0.15) is 0 Å². The third-order valence-corrected chi connectivity index (χ3v) is 2.49. The lowest BCUT2D eigenvalue weighted by Crippen LogP contribution is -2.36. The van der Waals surface area contributed by atoms with Crippen molar-refractivity contribution in [3.05, 3.63) is 0 Å². The Labute approximate surface area is 85.6 Å². The Morgan fingerprint density at radius 2 is 2.15 bits per heavy atom. The molecule has 1 fully saturated rings. The highest BCUT2D eigenvalue weighted by atomic mass is 35.5. The van der Waals surface area contributed by atoms with E-state index in [0.717, 1.165) is 13.0 Å². The third-order valence-electron chi connectivity index (χ3n) is 2.49. The fraction of sp³-hybridized carbons (Fsp3) is 0.889. The van der Waals surface area contributed by atoms with Gasteiger partial charge in [-0.3, -0.25) is 4.79 Å². The SMILES string of the molecule is COC(=O)[C@H]1CCN[C@H]1C(C)C.Cl. The van der Waals surface area contributed by atoms with Crippen LogP contribution in [0.4, 0.5) is 0 Å². The van der Waals surface area contributed by atoms with E-state index < -0.39 is 0 Å². The highest BCUT2D eigenvalue weighted by Gasteiger charge is 2.34. The summed E-state index contributed by atoms with van der Waals surface area (Å²) in [6.07, 6.45) is 0.912. The molecule has 0 spiro atoms. The maximum Gasteiger partial charge on any atom is 0.310 e. The topological polar surface area (TPSA) is 38.3 Å². The molecule has 13 heavy (non-hydrogen) atoms. The summed E-state index contributed by atoms with van der Waals surface area (Å²) in [5.74, 6) is 0.491. The number of rotatable bonds is 2. The van der Waals surface area contributed by atoms with Crippen LogP contribution in [0.2, 0.25) is 0 Å². The largest absolute Gasteiger partial charge is 0.469 e. The Kier molecular flexibility index (Phi) is 5.33. The molecule has 1 N–H and O–H groups in total. The van der Waals surface area contributed by atoms with Crippen molar-refractivity contribution in [2.24, 2.45) is 11.8 Å². The molecule has 1 heterocycles. The molecule has 0 saturated carbocycles. The van der Waals surface area contributed by atoms with Gasteiger partial charge in [-0.2, -0.15) is 0 Å². The van der Waals surface area contributed by atoms with E-state index >= 15 is 0 Å². The maximum absolute atomic E-state index is 11.3. The Hall–Kier alpha value is -0.280. The van der Waals surface area contributed by atoms with Crippen molar-refractivity contribution in [2.45, 2.75) is 26.3 Å². The van der Waals surface area contributed by atoms with Crippen LogP contribution in [0, 0.1) is 11.8 Å². The zero-order valence-corrected chi connectivity index (χ0v) is 9.19. The summed E-state index contributed by atoms with van der Waals surface area (Å²) in [6, 6.07) is 0.303. The van der Waals surface area contributed by atoms with Gasteiger partial charge in [-0.25, -0.2) is 0 Å². The van der Waals surface area contributed by atoms with Crippen LogP contribution in [0.1, 0.15) is 20.3 Å². The molecule has 0 aliphatic carbocycles. The van der Waals surface area contributed by atoms with Gasteiger partial charge in [-0.05, 0) is 18.9 Å². The number of hydrogen-bond acceptors (Lipinski definition) is 3. The molecular weight excluding hydrogens is 190 g/mol. The van der Waals surface area contributed by atoms with Crippen molar-refractivity contribution in [2.75, 3.05) is 13.7 Å². The van der Waals surface area contributed by atoms with Crippen LogP contribution < -0.4 is 5.32 Å². The predicted molar refractivity (Wildman–Crippen MR) is 54.0 cm³/mol. The summed E-state index contributed by atoms with van der Waals surface area (Å²) in [7, 11) is 1.46. The number of halogens is 1. The number of carbonyl (C=O) groups is 1. The molecular formula is C9H18ClNO2. The minimum Gasteiger partial charge on any atom is -0.469 e. The Balaban J connectivity index is 0.00000144. The summed E-state index contributed by atoms with van der Waals surface area (Å²) in [6.45, 7) is 5.18. The summed E-state index contributed by atoms with van der Waals surface area (Å²) >= 11 is 0. The van der Waals surface area contributed by atoms with Crippen molar-refractivity contribution in [3.8, 4) is 0 Å². The first-order chi connectivity index (χ1) is 5.66. The normalized spacial score (nSPS) is 27.1. The summed E-state index contributed by atoms with van der Waals surface area (Å²) in [5, 5.41) is 3.32. The minimum absolute atomic E-state index is 0. The average molecular weight is 208 g/mol. The number of esters is 1. The average Bonchev–Trinajstić information content (AvgIpc) is 2.50. The van der Waals surface area contributed by atoms with Crippen LogP contribution >= 0.6 is 12.4 Å². The lowest BCUT2D eigenvalue weighted by molar-refractivity contribution is -0.146. The second-order valence-corrected chi connectivity index (χ2v) is 3.64. The first-order valence-electron chi connectivity index (χ1n) is 4.48. The molecule has 0 aromatic rings. The second-order valence-electron chi connectivity index (χ2n) is 3.64. The van der Waals surface area contributed by atoms with Crippen LogP contribution in [-0.4, -0.2) is 25.7 Å². The van der Waals surface area contributed by atoms with E-state index in [4.69, 9.17) is 4.74 Å². The highest BCUT2D eigenvalue weighted by molar-refractivity contribution is 5.85. The monoisotopic (exact) mass is 207 g/mol. The van der Waals surface area contributed by atoms with E-state index in [2.05, 4.69) is 19.2 Å². The molecule has 0 unspecified atom stereocenters. The summed E-state index contributed by atoms with van der Waals surface area (Å²) in [4.78, 5) is 11.3. The minimum atomic E-state index is -0.0706. The quantitative estimate of drug-likeness (QED) is 0.692. The number of hydrogen-bond donors (Lipinski definition) is 1. The van der Waals surface area contributed by atoms with E-state index in [-0.39, 0.29) is 24.3 Å². The summed E-state index contributed by atoms with van der Waals surface area (Å²) < 4.78 is 4.74. The maximum atomic E-state index is 11.3. The molecule has 0 aromatic carbocycles. The standard InChI is InChI=1S/C9H17NO2.ClH/c1-6(2)8-7(4-5-10-8)9(11)12-3;/h6-8,10H,4-5H2,1-3H3;1H/t7-,8-;/m0./s1. The molecule has 4 heteroatoms. The molecule has 0 radical (unpaired) electrons. The molecule has 1 aliphatic rings. The van der Waals surface area contributed by atoms with E-state index in [1.807, 2.05) is 0 Å². The molecule has 1 rings (SSSR count). The van der Waals surface area contributed by atoms with Crippen molar-refractivity contribution < 1.29 is 9.53 Å². The Morgan fingerprint density at radius 1 is 1.54 bits per heavy atom. The first kappa shape index (κ1) is 12.7. The highest BCUT2D eigenvalue weighted by Crippen LogP contribution is 2.22. The van der Waals surface area contributed by atoms with Crippen molar-refractivity contribution in [1.82, 2.24) is 5.32 Å². The lowest BCUT2D eigenvalue weighted by atomic mass is 9.92. The van der Waals surface area contributed by atoms with E-state index in [1.54, 1.807) is 0 Å². The Morgan fingerprint density at radius 3 is 2.62 bits per heavy atom. The van der Waals surface area contributed by atoms with Gasteiger partial charge in [0.2, 0.25) is 0 Å². The van der Waals surface area contributed by atoms with E-state index in [0.29, 0.717) is 12.0 Å². The van der Waals surface area contributed by atoms with Crippen LogP contribution in [0.25, 0.3) is 0 Å². The molecule has 1 aliphatic heterocycles. The fourth-order valence-corrected chi connectivity index (χ4v) is 1.84. The number of nitrogens with one attached hydrogen (secondary N) is 1. The van der Waals surface area contributed by atoms with Gasteiger partial charge in [0, 0.05) is 6.04 Å². The lowest BCUT2D eigenvalue weighted by Gasteiger charge is -2.20. The van der Waals surface area contributed by atoms with Crippen LogP contribution in [-0.2, 0) is 9.53 Å². The number of carbonyl (C=O) groups excluding carboxylic acids is 1. The van der Waals surface area contributed by atoms with Crippen molar-refractivity contribution >= 4 is 18.4 Å². The zero-order valence-electron chi connectivity index (χ0n) is 8.37. The van der Waals surface area contributed by atoms with Crippen LogP contribution in [0.15, 0.2) is 0 Å². The third kappa shape index (κ3) is 2.85. The van der Waals surface area contributed by atoms with Gasteiger partial charge < -0.3 is 10.1 Å². The van der Waals surface area contributed by atoms with Crippen LogP contribution in [0.3, 0.4) is 0 Å². The smallest absolute Gasteiger partial charge is 0.310 e. The molecule has 2 atom stereocenters. The zero-order chi connectivity index (χ0) is 9.14. The van der Waals surface area contributed by atoms with Crippen molar-refractivity contribution in [3.63, 3.8) is 0 Å². The van der Waals surface area contributed by atoms with E-state index in [9.17, 15) is 4.79 Å². The molecule has 0 amide bonds.